The van der Waals surface area contributed by atoms with Crippen LogP contribution >= 0.6 is 11.8 Å². The molecule has 0 aliphatic carbocycles. The van der Waals surface area contributed by atoms with Gasteiger partial charge in [0.05, 0.1) is 0 Å². The minimum atomic E-state index is 0.498. The summed E-state index contributed by atoms with van der Waals surface area (Å²) < 4.78 is 0. The van der Waals surface area contributed by atoms with E-state index in [1.807, 2.05) is 11.8 Å². The number of nitrogens with one attached hydrogen (secondary N) is 1. The highest BCUT2D eigenvalue weighted by Crippen LogP contribution is 2.22. The van der Waals surface area contributed by atoms with E-state index in [4.69, 9.17) is 0 Å². The molecule has 1 nitrogen and oxygen atoms in total. The Morgan fingerprint density at radius 2 is 1.57 bits per heavy atom. The molecule has 0 heterocycles. The first kappa shape index (κ1) is 16.1. The molecule has 0 amide bonds. The van der Waals surface area contributed by atoms with Crippen LogP contribution in [0, 0.1) is 0 Å². The van der Waals surface area contributed by atoms with Crippen molar-refractivity contribution < 1.29 is 0 Å². The average Bonchev–Trinajstić information content (AvgIpc) is 2.55. The summed E-state index contributed by atoms with van der Waals surface area (Å²) in [6, 6.07) is 22.0. The third kappa shape index (κ3) is 5.94. The molecule has 0 aliphatic rings. The van der Waals surface area contributed by atoms with Gasteiger partial charge >= 0.3 is 0 Å². The topological polar surface area (TPSA) is 12.0 Å². The normalized spacial score (nSPS) is 12.2. The van der Waals surface area contributed by atoms with E-state index in [1.165, 1.54) is 35.5 Å². The van der Waals surface area contributed by atoms with Crippen LogP contribution in [0.2, 0.25) is 0 Å². The molecule has 0 bridgehead atoms. The number of benzene rings is 2. The van der Waals surface area contributed by atoms with E-state index >= 15 is 0 Å². The van der Waals surface area contributed by atoms with Gasteiger partial charge in [0.25, 0.3) is 0 Å². The first-order valence-corrected chi connectivity index (χ1v) is 8.85. The number of thioether (sulfide) groups is 1. The second-order valence-electron chi connectivity index (χ2n) is 5.18. The SMILES string of the molecule is CCNC(CCCCSc1ccccc1)c1ccccc1. The molecular weight excluding hydrogens is 274 g/mol. The average molecular weight is 299 g/mol. The minimum absolute atomic E-state index is 0.498. The monoisotopic (exact) mass is 299 g/mol. The van der Waals surface area contributed by atoms with Crippen LogP contribution in [0.4, 0.5) is 0 Å². The lowest BCUT2D eigenvalue weighted by molar-refractivity contribution is 0.496. The minimum Gasteiger partial charge on any atom is -0.310 e. The lowest BCUT2D eigenvalue weighted by atomic mass is 10.0. The summed E-state index contributed by atoms with van der Waals surface area (Å²) in [5.41, 5.74) is 1.41. The van der Waals surface area contributed by atoms with E-state index in [-0.39, 0.29) is 0 Å². The van der Waals surface area contributed by atoms with Gasteiger partial charge < -0.3 is 5.32 Å². The predicted molar refractivity (Wildman–Crippen MR) is 93.9 cm³/mol. The maximum absolute atomic E-state index is 3.60. The molecule has 1 unspecified atom stereocenters. The van der Waals surface area contributed by atoms with Gasteiger partial charge in [0, 0.05) is 10.9 Å². The van der Waals surface area contributed by atoms with Crippen LogP contribution in [0.1, 0.15) is 37.8 Å². The van der Waals surface area contributed by atoms with Crippen molar-refractivity contribution in [1.29, 1.82) is 0 Å². The van der Waals surface area contributed by atoms with Crippen molar-refractivity contribution >= 4 is 11.8 Å². The van der Waals surface area contributed by atoms with E-state index in [1.54, 1.807) is 0 Å². The third-order valence-electron chi connectivity index (χ3n) is 3.55. The molecule has 0 fully saturated rings. The summed E-state index contributed by atoms with van der Waals surface area (Å²) in [5, 5.41) is 3.60. The zero-order valence-corrected chi connectivity index (χ0v) is 13.6. The van der Waals surface area contributed by atoms with Crippen molar-refractivity contribution in [1.82, 2.24) is 5.32 Å². The van der Waals surface area contributed by atoms with Crippen LogP contribution in [0.5, 0.6) is 0 Å². The Kier molecular flexibility index (Phi) is 7.41. The standard InChI is InChI=1S/C19H25NS/c1-2-20-19(17-11-5-3-6-12-17)15-9-10-16-21-18-13-7-4-8-14-18/h3-8,11-14,19-20H,2,9-10,15-16H2,1H3. The number of unbranched alkanes of at least 4 members (excludes halogenated alkanes) is 1. The molecule has 2 aromatic rings. The van der Waals surface area contributed by atoms with Gasteiger partial charge in [0.15, 0.2) is 0 Å². The van der Waals surface area contributed by atoms with E-state index in [9.17, 15) is 0 Å². The summed E-state index contributed by atoms with van der Waals surface area (Å²) in [5.74, 6) is 1.21. The smallest absolute Gasteiger partial charge is 0.0320 e. The van der Waals surface area contributed by atoms with Gasteiger partial charge in [0.2, 0.25) is 0 Å². The third-order valence-corrected chi connectivity index (χ3v) is 4.65. The number of hydrogen-bond donors (Lipinski definition) is 1. The molecule has 1 N–H and O–H groups in total. The molecule has 0 saturated carbocycles. The van der Waals surface area contributed by atoms with Crippen LogP contribution in [0.15, 0.2) is 65.6 Å². The van der Waals surface area contributed by atoms with Gasteiger partial charge in [-0.25, -0.2) is 0 Å². The fourth-order valence-electron chi connectivity index (χ4n) is 2.48. The Hall–Kier alpha value is -1.25. The molecule has 112 valence electrons. The Labute approximate surface area is 133 Å². The summed E-state index contributed by atoms with van der Waals surface area (Å²) in [7, 11) is 0. The molecule has 0 saturated heterocycles. The molecule has 0 aromatic heterocycles. The first-order chi connectivity index (χ1) is 10.4. The fraction of sp³-hybridized carbons (Fsp3) is 0.368. The largest absolute Gasteiger partial charge is 0.310 e. The predicted octanol–water partition coefficient (Wildman–Crippen LogP) is 5.30. The molecule has 2 heteroatoms. The maximum atomic E-state index is 3.60. The van der Waals surface area contributed by atoms with Gasteiger partial charge in [-0.1, -0.05) is 61.9 Å². The van der Waals surface area contributed by atoms with Crippen LogP contribution in [-0.2, 0) is 0 Å². The highest BCUT2D eigenvalue weighted by atomic mass is 32.2. The molecule has 1 atom stereocenters. The molecule has 2 aromatic carbocycles. The van der Waals surface area contributed by atoms with Gasteiger partial charge in [-0.05, 0) is 42.8 Å². The lowest BCUT2D eigenvalue weighted by Crippen LogP contribution is -2.20. The number of hydrogen-bond acceptors (Lipinski definition) is 2. The quantitative estimate of drug-likeness (QED) is 0.498. The van der Waals surface area contributed by atoms with Crippen molar-refractivity contribution in [2.24, 2.45) is 0 Å². The second-order valence-corrected chi connectivity index (χ2v) is 6.35. The van der Waals surface area contributed by atoms with Crippen LogP contribution < -0.4 is 5.32 Å². The summed E-state index contributed by atoms with van der Waals surface area (Å²) in [6.45, 7) is 3.21. The van der Waals surface area contributed by atoms with Crippen molar-refractivity contribution in [2.45, 2.75) is 37.1 Å². The van der Waals surface area contributed by atoms with E-state index in [2.05, 4.69) is 72.9 Å². The highest BCUT2D eigenvalue weighted by molar-refractivity contribution is 7.99. The van der Waals surface area contributed by atoms with Crippen molar-refractivity contribution in [3.63, 3.8) is 0 Å². The summed E-state index contributed by atoms with van der Waals surface area (Å²) in [4.78, 5) is 1.38. The van der Waals surface area contributed by atoms with Crippen LogP contribution in [0.3, 0.4) is 0 Å². The molecule has 0 spiro atoms. The fourth-order valence-corrected chi connectivity index (χ4v) is 3.41. The number of rotatable bonds is 9. The second kappa shape index (κ2) is 9.64. The zero-order chi connectivity index (χ0) is 14.8. The van der Waals surface area contributed by atoms with Crippen LogP contribution in [-0.4, -0.2) is 12.3 Å². The van der Waals surface area contributed by atoms with Crippen molar-refractivity contribution in [3.8, 4) is 0 Å². The van der Waals surface area contributed by atoms with E-state index in [0.29, 0.717) is 6.04 Å². The van der Waals surface area contributed by atoms with Gasteiger partial charge in [0.1, 0.15) is 0 Å². The Morgan fingerprint density at radius 1 is 0.905 bits per heavy atom. The summed E-state index contributed by atoms with van der Waals surface area (Å²) in [6.07, 6.45) is 3.76. The molecule has 21 heavy (non-hydrogen) atoms. The molecular formula is C19H25NS. The first-order valence-electron chi connectivity index (χ1n) is 7.86. The molecule has 0 radical (unpaired) electrons. The summed E-state index contributed by atoms with van der Waals surface area (Å²) >= 11 is 1.96. The van der Waals surface area contributed by atoms with Crippen LogP contribution in [0.25, 0.3) is 0 Å². The highest BCUT2D eigenvalue weighted by Gasteiger charge is 2.08. The van der Waals surface area contributed by atoms with Gasteiger partial charge in [-0.2, -0.15) is 0 Å². The lowest BCUT2D eigenvalue weighted by Gasteiger charge is -2.18. The van der Waals surface area contributed by atoms with Crippen molar-refractivity contribution in [3.05, 3.63) is 66.2 Å². The molecule has 2 rings (SSSR count). The van der Waals surface area contributed by atoms with Crippen molar-refractivity contribution in [2.75, 3.05) is 12.3 Å². The van der Waals surface area contributed by atoms with Gasteiger partial charge in [-0.15, -0.1) is 11.8 Å². The van der Waals surface area contributed by atoms with E-state index in [0.717, 1.165) is 6.54 Å². The maximum Gasteiger partial charge on any atom is 0.0320 e. The Bertz CT molecular complexity index is 483. The zero-order valence-electron chi connectivity index (χ0n) is 12.8. The molecule has 0 aliphatic heterocycles. The Morgan fingerprint density at radius 3 is 2.24 bits per heavy atom. The van der Waals surface area contributed by atoms with Gasteiger partial charge in [-0.3, -0.25) is 0 Å². The Balaban J connectivity index is 1.70. The van der Waals surface area contributed by atoms with E-state index < -0.39 is 0 Å².